The van der Waals surface area contributed by atoms with Gasteiger partial charge in [0.2, 0.25) is 5.91 Å². The minimum atomic E-state index is 0.120. The molecule has 1 N–H and O–H groups in total. The van der Waals surface area contributed by atoms with E-state index < -0.39 is 0 Å². The molecule has 1 aromatic rings. The molecule has 2 aliphatic rings. The van der Waals surface area contributed by atoms with E-state index in [1.54, 1.807) is 0 Å². The molecular weight excluding hydrogens is 254 g/mol. The van der Waals surface area contributed by atoms with Gasteiger partial charge in [-0.1, -0.05) is 12.1 Å². The molecular formula is C16H21NO3. The predicted molar refractivity (Wildman–Crippen MR) is 75.6 cm³/mol. The molecule has 108 valence electrons. The van der Waals surface area contributed by atoms with Crippen molar-refractivity contribution in [3.05, 3.63) is 29.3 Å². The average Bonchev–Trinajstić information content (AvgIpc) is 2.98. The summed E-state index contributed by atoms with van der Waals surface area (Å²) in [6.07, 6.45) is 3.72. The zero-order chi connectivity index (χ0) is 13.8. The minimum Gasteiger partial charge on any atom is -0.493 e. The van der Waals surface area contributed by atoms with Crippen LogP contribution in [0.2, 0.25) is 0 Å². The van der Waals surface area contributed by atoms with Crippen LogP contribution in [0.3, 0.4) is 0 Å². The maximum atomic E-state index is 11.9. The molecule has 0 aliphatic carbocycles. The van der Waals surface area contributed by atoms with Crippen molar-refractivity contribution in [3.63, 3.8) is 0 Å². The summed E-state index contributed by atoms with van der Waals surface area (Å²) in [5.41, 5.74) is 2.40. The van der Waals surface area contributed by atoms with Crippen molar-refractivity contribution in [1.82, 2.24) is 5.32 Å². The first kappa shape index (κ1) is 13.4. The third-order valence-corrected chi connectivity index (χ3v) is 3.96. The number of hydrogen-bond acceptors (Lipinski definition) is 3. The number of nitrogens with one attached hydrogen (secondary N) is 1. The van der Waals surface area contributed by atoms with Crippen molar-refractivity contribution in [1.29, 1.82) is 0 Å². The Kier molecular flexibility index (Phi) is 4.21. The Labute approximate surface area is 119 Å². The van der Waals surface area contributed by atoms with Gasteiger partial charge in [-0.3, -0.25) is 4.79 Å². The molecule has 1 amide bonds. The maximum Gasteiger partial charge on any atom is 0.220 e. The van der Waals surface area contributed by atoms with Crippen LogP contribution in [0.5, 0.6) is 5.75 Å². The van der Waals surface area contributed by atoms with Crippen LogP contribution in [-0.4, -0.2) is 25.7 Å². The normalized spacial score (nSPS) is 21.1. The molecule has 1 saturated heterocycles. The van der Waals surface area contributed by atoms with Crippen molar-refractivity contribution >= 4 is 5.91 Å². The fourth-order valence-corrected chi connectivity index (χ4v) is 2.80. The number of benzene rings is 1. The summed E-state index contributed by atoms with van der Waals surface area (Å²) >= 11 is 0. The van der Waals surface area contributed by atoms with Gasteiger partial charge in [-0.25, -0.2) is 0 Å². The second-order valence-corrected chi connectivity index (χ2v) is 5.60. The lowest BCUT2D eigenvalue weighted by molar-refractivity contribution is -0.122. The zero-order valence-electron chi connectivity index (χ0n) is 11.7. The highest BCUT2D eigenvalue weighted by atomic mass is 16.5. The average molecular weight is 275 g/mol. The Balaban J connectivity index is 1.51. The summed E-state index contributed by atoms with van der Waals surface area (Å²) in [6.45, 7) is 2.93. The highest BCUT2D eigenvalue weighted by Gasteiger charge is 2.19. The topological polar surface area (TPSA) is 47.6 Å². The Bertz CT molecular complexity index is 481. The van der Waals surface area contributed by atoms with E-state index in [0.717, 1.165) is 50.4 Å². The largest absolute Gasteiger partial charge is 0.493 e. The zero-order valence-corrected chi connectivity index (χ0v) is 11.7. The Morgan fingerprint density at radius 1 is 1.35 bits per heavy atom. The van der Waals surface area contributed by atoms with Crippen LogP contribution in [0, 0.1) is 5.92 Å². The van der Waals surface area contributed by atoms with Gasteiger partial charge in [0.25, 0.3) is 0 Å². The minimum absolute atomic E-state index is 0.120. The fraction of sp³-hybridized carbons (Fsp3) is 0.562. The molecule has 1 aromatic carbocycles. The van der Waals surface area contributed by atoms with Gasteiger partial charge < -0.3 is 14.8 Å². The van der Waals surface area contributed by atoms with Crippen molar-refractivity contribution in [3.8, 4) is 5.75 Å². The first-order valence-corrected chi connectivity index (χ1v) is 7.40. The van der Waals surface area contributed by atoms with Gasteiger partial charge in [-0.15, -0.1) is 0 Å². The van der Waals surface area contributed by atoms with Gasteiger partial charge in [-0.05, 0) is 42.4 Å². The Hall–Kier alpha value is -1.55. The predicted octanol–water partition coefficient (Wildman–Crippen LogP) is 2.05. The molecule has 1 unspecified atom stereocenters. The van der Waals surface area contributed by atoms with Gasteiger partial charge in [0.05, 0.1) is 6.61 Å². The van der Waals surface area contributed by atoms with E-state index in [9.17, 15) is 4.79 Å². The highest BCUT2D eigenvalue weighted by molar-refractivity contribution is 5.76. The molecule has 4 nitrogen and oxygen atoms in total. The van der Waals surface area contributed by atoms with Crippen LogP contribution in [-0.2, 0) is 22.5 Å². The van der Waals surface area contributed by atoms with Crippen LogP contribution >= 0.6 is 0 Å². The second kappa shape index (κ2) is 6.27. The lowest BCUT2D eigenvalue weighted by atomic mass is 10.0. The number of hydrogen-bond donors (Lipinski definition) is 1. The van der Waals surface area contributed by atoms with Gasteiger partial charge >= 0.3 is 0 Å². The molecule has 0 spiro atoms. The maximum absolute atomic E-state index is 11.9. The smallest absolute Gasteiger partial charge is 0.220 e. The van der Waals surface area contributed by atoms with Crippen LogP contribution in [0.15, 0.2) is 18.2 Å². The molecule has 1 fully saturated rings. The monoisotopic (exact) mass is 275 g/mol. The van der Waals surface area contributed by atoms with E-state index in [4.69, 9.17) is 9.47 Å². The van der Waals surface area contributed by atoms with Crippen molar-refractivity contribution < 1.29 is 14.3 Å². The second-order valence-electron chi connectivity index (χ2n) is 5.60. The number of fused-ring (bicyclic) bond motifs is 1. The van der Waals surface area contributed by atoms with E-state index in [-0.39, 0.29) is 5.91 Å². The molecule has 0 bridgehead atoms. The number of ether oxygens (including phenoxy) is 2. The highest BCUT2D eigenvalue weighted by Crippen LogP contribution is 2.25. The number of carbonyl (C=O) groups excluding carboxylic acids is 1. The van der Waals surface area contributed by atoms with Crippen LogP contribution in [0.4, 0.5) is 0 Å². The summed E-state index contributed by atoms with van der Waals surface area (Å²) in [4.78, 5) is 11.9. The molecule has 0 saturated carbocycles. The fourth-order valence-electron chi connectivity index (χ4n) is 2.80. The quantitative estimate of drug-likeness (QED) is 0.915. The number of carbonyl (C=O) groups is 1. The van der Waals surface area contributed by atoms with E-state index in [0.29, 0.717) is 18.9 Å². The molecule has 0 aromatic heterocycles. The molecule has 0 radical (unpaired) electrons. The van der Waals surface area contributed by atoms with E-state index in [2.05, 4.69) is 11.4 Å². The van der Waals surface area contributed by atoms with Crippen LogP contribution < -0.4 is 10.1 Å². The molecule has 4 heteroatoms. The lowest BCUT2D eigenvalue weighted by Gasteiger charge is -2.18. The van der Waals surface area contributed by atoms with Gasteiger partial charge in [0, 0.05) is 26.2 Å². The van der Waals surface area contributed by atoms with Crippen molar-refractivity contribution in [2.75, 3.05) is 19.8 Å². The molecule has 20 heavy (non-hydrogen) atoms. The van der Waals surface area contributed by atoms with E-state index >= 15 is 0 Å². The summed E-state index contributed by atoms with van der Waals surface area (Å²) < 4.78 is 10.9. The van der Waals surface area contributed by atoms with Gasteiger partial charge in [0.15, 0.2) is 0 Å². The number of amides is 1. The summed E-state index contributed by atoms with van der Waals surface area (Å²) in [6, 6.07) is 6.19. The first-order valence-electron chi connectivity index (χ1n) is 7.40. The van der Waals surface area contributed by atoms with Crippen molar-refractivity contribution in [2.24, 2.45) is 5.92 Å². The molecule has 2 heterocycles. The Morgan fingerprint density at radius 2 is 2.30 bits per heavy atom. The van der Waals surface area contributed by atoms with Crippen molar-refractivity contribution in [2.45, 2.75) is 32.2 Å². The molecule has 3 rings (SSSR count). The lowest BCUT2D eigenvalue weighted by Crippen LogP contribution is -2.25. The summed E-state index contributed by atoms with van der Waals surface area (Å²) in [5, 5.41) is 3.00. The standard InChI is InChI=1S/C16H21NO3/c18-16(9-13-5-7-19-11-13)17-10-12-3-4-15-14(8-12)2-1-6-20-15/h3-4,8,13H,1-2,5-7,9-11H2,(H,17,18). The number of aryl methyl sites for hydroxylation is 1. The van der Waals surface area contributed by atoms with Gasteiger partial charge in [0.1, 0.15) is 5.75 Å². The Morgan fingerprint density at radius 3 is 3.15 bits per heavy atom. The first-order chi connectivity index (χ1) is 9.81. The van der Waals surface area contributed by atoms with E-state index in [1.807, 2.05) is 12.1 Å². The van der Waals surface area contributed by atoms with Crippen LogP contribution in [0.1, 0.15) is 30.4 Å². The third-order valence-electron chi connectivity index (χ3n) is 3.96. The summed E-state index contributed by atoms with van der Waals surface area (Å²) in [5.74, 6) is 1.51. The molecule has 2 aliphatic heterocycles. The van der Waals surface area contributed by atoms with Crippen LogP contribution in [0.25, 0.3) is 0 Å². The van der Waals surface area contributed by atoms with E-state index in [1.165, 1.54) is 5.56 Å². The SMILES string of the molecule is O=C(CC1CCOC1)NCc1ccc2c(c1)CCCO2. The third kappa shape index (κ3) is 3.31. The van der Waals surface area contributed by atoms with Gasteiger partial charge in [-0.2, -0.15) is 0 Å². The summed E-state index contributed by atoms with van der Waals surface area (Å²) in [7, 11) is 0. The number of rotatable bonds is 4. The molecule has 1 atom stereocenters.